The smallest absolute Gasteiger partial charge is 0.255 e. The second-order valence-electron chi connectivity index (χ2n) is 4.53. The van der Waals surface area contributed by atoms with Crippen molar-refractivity contribution in [2.24, 2.45) is 0 Å². The van der Waals surface area contributed by atoms with E-state index in [1.165, 1.54) is 5.69 Å². The Kier molecular flexibility index (Phi) is 3.03. The lowest BCUT2D eigenvalue weighted by Gasteiger charge is -2.15. The van der Waals surface area contributed by atoms with E-state index in [0.717, 1.165) is 43.7 Å². The molecule has 1 amide bonds. The topological polar surface area (TPSA) is 25.2 Å². The lowest BCUT2D eigenvalue weighted by molar-refractivity contribution is 0.0792. The third kappa shape index (κ3) is 1.75. The third-order valence-electron chi connectivity index (χ3n) is 3.51. The van der Waals surface area contributed by atoms with Gasteiger partial charge >= 0.3 is 0 Å². The van der Waals surface area contributed by atoms with E-state index >= 15 is 0 Å². The number of aryl methyl sites for hydroxylation is 1. The molecule has 0 aliphatic carbocycles. The molecule has 1 aliphatic heterocycles. The first-order valence-electron chi connectivity index (χ1n) is 6.11. The minimum atomic E-state index is 0.213. The minimum Gasteiger partial charge on any atom is -0.349 e. The van der Waals surface area contributed by atoms with Crippen LogP contribution in [0, 0.1) is 13.8 Å². The lowest BCUT2D eigenvalue weighted by atomic mass is 10.2. The first-order valence-corrected chi connectivity index (χ1v) is 6.11. The van der Waals surface area contributed by atoms with E-state index in [1.54, 1.807) is 0 Å². The number of aromatic nitrogens is 1. The molecule has 0 bridgehead atoms. The van der Waals surface area contributed by atoms with Gasteiger partial charge in [0.1, 0.15) is 0 Å². The Labute approximate surface area is 97.1 Å². The first-order chi connectivity index (χ1) is 7.65. The van der Waals surface area contributed by atoms with Gasteiger partial charge in [-0.25, -0.2) is 0 Å². The molecule has 0 spiro atoms. The molecule has 2 rings (SSSR count). The lowest BCUT2D eigenvalue weighted by Crippen LogP contribution is -2.27. The molecule has 0 atom stereocenters. The maximum absolute atomic E-state index is 12.3. The summed E-state index contributed by atoms with van der Waals surface area (Å²) in [5.41, 5.74) is 3.18. The van der Waals surface area contributed by atoms with Crippen molar-refractivity contribution in [1.82, 2.24) is 9.47 Å². The summed E-state index contributed by atoms with van der Waals surface area (Å²) < 4.78 is 2.20. The molecule has 3 nitrogen and oxygen atoms in total. The number of likely N-dealkylation sites (tertiary alicyclic amines) is 1. The molecule has 1 aromatic heterocycles. The van der Waals surface area contributed by atoms with E-state index in [-0.39, 0.29) is 5.91 Å². The van der Waals surface area contributed by atoms with Crippen LogP contribution in [0.15, 0.2) is 6.07 Å². The fourth-order valence-corrected chi connectivity index (χ4v) is 2.59. The van der Waals surface area contributed by atoms with Gasteiger partial charge in [-0.2, -0.15) is 0 Å². The van der Waals surface area contributed by atoms with E-state index in [0.29, 0.717) is 0 Å². The van der Waals surface area contributed by atoms with Crippen LogP contribution < -0.4 is 0 Å². The molecular formula is C13H20N2O. The highest BCUT2D eigenvalue weighted by Gasteiger charge is 2.23. The van der Waals surface area contributed by atoms with Gasteiger partial charge in [-0.05, 0) is 39.7 Å². The number of hydrogen-bond donors (Lipinski definition) is 0. The molecule has 88 valence electrons. The van der Waals surface area contributed by atoms with Gasteiger partial charge < -0.3 is 9.47 Å². The normalized spacial score (nSPS) is 15.8. The van der Waals surface area contributed by atoms with Crippen LogP contribution in [0.2, 0.25) is 0 Å². The van der Waals surface area contributed by atoms with E-state index in [2.05, 4.69) is 18.4 Å². The van der Waals surface area contributed by atoms with Crippen molar-refractivity contribution in [3.05, 3.63) is 23.0 Å². The average molecular weight is 220 g/mol. The van der Waals surface area contributed by atoms with Gasteiger partial charge in [-0.1, -0.05) is 0 Å². The number of hydrogen-bond acceptors (Lipinski definition) is 1. The maximum Gasteiger partial charge on any atom is 0.255 e. The van der Waals surface area contributed by atoms with Gasteiger partial charge in [0, 0.05) is 31.0 Å². The number of nitrogens with zero attached hydrogens (tertiary/aromatic N) is 2. The highest BCUT2D eigenvalue weighted by atomic mass is 16.2. The first kappa shape index (κ1) is 11.2. The number of rotatable bonds is 2. The van der Waals surface area contributed by atoms with Crippen molar-refractivity contribution < 1.29 is 4.79 Å². The predicted molar refractivity (Wildman–Crippen MR) is 64.7 cm³/mol. The van der Waals surface area contributed by atoms with Crippen LogP contribution in [0.3, 0.4) is 0 Å². The van der Waals surface area contributed by atoms with Crippen molar-refractivity contribution in [2.45, 2.75) is 40.2 Å². The van der Waals surface area contributed by atoms with Crippen molar-refractivity contribution >= 4 is 5.91 Å². The predicted octanol–water partition coefficient (Wildman–Crippen LogP) is 2.36. The summed E-state index contributed by atoms with van der Waals surface area (Å²) >= 11 is 0. The van der Waals surface area contributed by atoms with Crippen molar-refractivity contribution in [3.63, 3.8) is 0 Å². The molecule has 0 radical (unpaired) electrons. The van der Waals surface area contributed by atoms with Gasteiger partial charge in [-0.15, -0.1) is 0 Å². The summed E-state index contributed by atoms with van der Waals surface area (Å²) in [6.07, 6.45) is 2.30. The Morgan fingerprint density at radius 2 is 1.94 bits per heavy atom. The molecular weight excluding hydrogens is 200 g/mol. The zero-order chi connectivity index (χ0) is 11.7. The number of carbonyl (C=O) groups is 1. The van der Waals surface area contributed by atoms with Gasteiger partial charge in [0.15, 0.2) is 0 Å². The van der Waals surface area contributed by atoms with E-state index in [1.807, 2.05) is 17.9 Å². The highest BCUT2D eigenvalue weighted by Crippen LogP contribution is 2.19. The maximum atomic E-state index is 12.3. The Bertz CT molecular complexity index is 400. The SMILES string of the molecule is CCn1c(C)cc(C(=O)N2CCCC2)c1C. The molecule has 0 N–H and O–H groups in total. The van der Waals surface area contributed by atoms with Gasteiger partial charge in [0.25, 0.3) is 5.91 Å². The van der Waals surface area contributed by atoms with Crippen LogP contribution in [0.5, 0.6) is 0 Å². The summed E-state index contributed by atoms with van der Waals surface area (Å²) in [5, 5.41) is 0. The van der Waals surface area contributed by atoms with E-state index in [4.69, 9.17) is 0 Å². The fraction of sp³-hybridized carbons (Fsp3) is 0.615. The summed E-state index contributed by atoms with van der Waals surface area (Å²) in [4.78, 5) is 14.2. The second kappa shape index (κ2) is 4.32. The van der Waals surface area contributed by atoms with Crippen LogP contribution in [-0.4, -0.2) is 28.5 Å². The molecule has 0 aromatic carbocycles. The monoisotopic (exact) mass is 220 g/mol. The largest absolute Gasteiger partial charge is 0.349 e. The Morgan fingerprint density at radius 3 is 2.44 bits per heavy atom. The zero-order valence-electron chi connectivity index (χ0n) is 10.4. The number of carbonyl (C=O) groups excluding carboxylic acids is 1. The van der Waals surface area contributed by atoms with Crippen LogP contribution in [-0.2, 0) is 6.54 Å². The van der Waals surface area contributed by atoms with Gasteiger partial charge in [-0.3, -0.25) is 4.79 Å². The summed E-state index contributed by atoms with van der Waals surface area (Å²) in [6, 6.07) is 2.03. The van der Waals surface area contributed by atoms with E-state index < -0.39 is 0 Å². The van der Waals surface area contributed by atoms with Crippen LogP contribution in [0.25, 0.3) is 0 Å². The average Bonchev–Trinajstić information content (AvgIpc) is 2.86. The molecule has 1 aliphatic rings. The Morgan fingerprint density at radius 1 is 1.31 bits per heavy atom. The van der Waals surface area contributed by atoms with Crippen molar-refractivity contribution in [2.75, 3.05) is 13.1 Å². The highest BCUT2D eigenvalue weighted by molar-refractivity contribution is 5.95. The summed E-state index contributed by atoms with van der Waals surface area (Å²) in [6.45, 7) is 9.01. The fourth-order valence-electron chi connectivity index (χ4n) is 2.59. The standard InChI is InChI=1S/C13H20N2O/c1-4-15-10(2)9-12(11(15)3)13(16)14-7-5-6-8-14/h9H,4-8H2,1-3H3. The zero-order valence-corrected chi connectivity index (χ0v) is 10.4. The van der Waals surface area contributed by atoms with Crippen LogP contribution in [0.4, 0.5) is 0 Å². The second-order valence-corrected chi connectivity index (χ2v) is 4.53. The summed E-state index contributed by atoms with van der Waals surface area (Å²) in [5.74, 6) is 0.213. The van der Waals surface area contributed by atoms with Crippen LogP contribution in [0.1, 0.15) is 41.5 Å². The van der Waals surface area contributed by atoms with Crippen LogP contribution >= 0.6 is 0 Å². The molecule has 0 unspecified atom stereocenters. The molecule has 16 heavy (non-hydrogen) atoms. The summed E-state index contributed by atoms with van der Waals surface area (Å²) in [7, 11) is 0. The molecule has 0 saturated carbocycles. The Balaban J connectivity index is 2.29. The minimum absolute atomic E-state index is 0.213. The van der Waals surface area contributed by atoms with Crippen molar-refractivity contribution in [1.29, 1.82) is 0 Å². The quantitative estimate of drug-likeness (QED) is 0.751. The molecule has 1 fully saturated rings. The van der Waals surface area contributed by atoms with E-state index in [9.17, 15) is 4.79 Å². The third-order valence-corrected chi connectivity index (χ3v) is 3.51. The Hall–Kier alpha value is -1.25. The van der Waals surface area contributed by atoms with Gasteiger partial charge in [0.05, 0.1) is 5.56 Å². The van der Waals surface area contributed by atoms with Gasteiger partial charge in [0.2, 0.25) is 0 Å². The molecule has 3 heteroatoms. The number of amides is 1. The molecule has 1 aromatic rings. The molecule has 1 saturated heterocycles. The van der Waals surface area contributed by atoms with Crippen molar-refractivity contribution in [3.8, 4) is 0 Å². The molecule has 2 heterocycles.